The number of fused-ring (bicyclic) bond motifs is 16. The summed E-state index contributed by atoms with van der Waals surface area (Å²) in [6, 6.07) is 47.1. The lowest BCUT2D eigenvalue weighted by molar-refractivity contribution is 0.484. The van der Waals surface area contributed by atoms with Gasteiger partial charge in [-0.05, 0) is 107 Å². The van der Waals surface area contributed by atoms with E-state index < -0.39 is 0 Å². The van der Waals surface area contributed by atoms with Gasteiger partial charge in [-0.1, -0.05) is 88.4 Å². The van der Waals surface area contributed by atoms with Crippen molar-refractivity contribution in [1.29, 1.82) is 0 Å². The first-order valence-corrected chi connectivity index (χ1v) is 19.1. The van der Waals surface area contributed by atoms with Crippen LogP contribution in [0.4, 0.5) is 0 Å². The molecule has 0 aliphatic carbocycles. The summed E-state index contributed by atoms with van der Waals surface area (Å²) in [6.07, 6.45) is 1.85. The summed E-state index contributed by atoms with van der Waals surface area (Å²) in [5.41, 5.74) is 14.3. The highest BCUT2D eigenvalue weighted by molar-refractivity contribution is 6.17. The Morgan fingerprint density at radius 3 is 1.76 bits per heavy atom. The number of benzene rings is 6. The minimum atomic E-state index is 0.368. The molecule has 11 aromatic rings. The lowest BCUT2D eigenvalue weighted by Gasteiger charge is -2.22. The predicted octanol–water partition coefficient (Wildman–Crippen LogP) is 13.0. The van der Waals surface area contributed by atoms with E-state index in [2.05, 4.69) is 152 Å². The molecule has 0 saturated carbocycles. The van der Waals surface area contributed by atoms with Gasteiger partial charge in [-0.2, -0.15) is 0 Å². The van der Waals surface area contributed by atoms with Gasteiger partial charge in [0.25, 0.3) is 0 Å². The Balaban J connectivity index is 1.14. The van der Waals surface area contributed by atoms with Gasteiger partial charge in [0.2, 0.25) is 0 Å². The third kappa shape index (κ3) is 4.64. The van der Waals surface area contributed by atoms with Crippen LogP contribution in [0.25, 0.3) is 88.0 Å². The van der Waals surface area contributed by atoms with Crippen molar-refractivity contribution in [2.45, 2.75) is 39.5 Å². The molecule has 11 rings (SSSR count). The summed E-state index contributed by atoms with van der Waals surface area (Å²) in [4.78, 5) is 15.2. The molecule has 5 aromatic heterocycles. The zero-order valence-electron chi connectivity index (χ0n) is 31.1. The number of rotatable bonds is 5. The van der Waals surface area contributed by atoms with Gasteiger partial charge in [-0.25, -0.2) is 9.97 Å². The molecule has 5 heterocycles. The first-order valence-electron chi connectivity index (χ1n) is 19.1. The van der Waals surface area contributed by atoms with Crippen LogP contribution in [0.3, 0.4) is 0 Å². The topological polar surface area (TPSA) is 56.7 Å². The van der Waals surface area contributed by atoms with Crippen LogP contribution in [0.15, 0.2) is 140 Å². The summed E-state index contributed by atoms with van der Waals surface area (Å²) >= 11 is 0. The monoisotopic (exact) mass is 711 g/mol. The number of imidazole rings is 2. The zero-order chi connectivity index (χ0) is 36.9. The molecule has 55 heavy (non-hydrogen) atoms. The molecule has 0 aliphatic heterocycles. The minimum Gasteiger partial charge on any atom is -0.457 e. The smallest absolute Gasteiger partial charge is 0.146 e. The fraction of sp³-hybridized carbons (Fsp3) is 0.122. The molecule has 0 N–H and O–H groups in total. The van der Waals surface area contributed by atoms with E-state index in [0.29, 0.717) is 11.8 Å². The Bertz CT molecular complexity index is 3340. The minimum absolute atomic E-state index is 0.368. The van der Waals surface area contributed by atoms with Crippen molar-refractivity contribution in [3.63, 3.8) is 0 Å². The van der Waals surface area contributed by atoms with E-state index >= 15 is 0 Å². The van der Waals surface area contributed by atoms with Crippen molar-refractivity contribution in [2.24, 2.45) is 0 Å². The van der Waals surface area contributed by atoms with Gasteiger partial charge in [-0.15, -0.1) is 0 Å². The maximum atomic E-state index is 6.75. The van der Waals surface area contributed by atoms with Crippen LogP contribution >= 0.6 is 0 Å². The van der Waals surface area contributed by atoms with Gasteiger partial charge in [0.05, 0.1) is 38.6 Å². The van der Waals surface area contributed by atoms with E-state index in [4.69, 9.17) is 19.7 Å². The molecule has 0 atom stereocenters. The normalized spacial score (nSPS) is 12.3. The largest absolute Gasteiger partial charge is 0.457 e. The summed E-state index contributed by atoms with van der Waals surface area (Å²) in [5.74, 6) is 2.21. The molecular weight excluding hydrogens is 675 g/mol. The van der Waals surface area contributed by atoms with E-state index in [0.717, 1.165) is 77.4 Å². The van der Waals surface area contributed by atoms with Gasteiger partial charge >= 0.3 is 0 Å². The number of hydrogen-bond acceptors (Lipinski definition) is 4. The zero-order valence-corrected chi connectivity index (χ0v) is 31.1. The van der Waals surface area contributed by atoms with E-state index in [9.17, 15) is 0 Å². The molecule has 6 nitrogen and oxygen atoms in total. The number of ether oxygens (including phenoxy) is 1. The predicted molar refractivity (Wildman–Crippen MR) is 227 cm³/mol. The lowest BCUT2D eigenvalue weighted by Crippen LogP contribution is -2.02. The maximum absolute atomic E-state index is 6.75. The second-order valence-electron chi connectivity index (χ2n) is 15.2. The third-order valence-electron chi connectivity index (χ3n) is 11.3. The number of pyridine rings is 3. The molecule has 0 spiro atoms. The molecule has 0 saturated heterocycles. The van der Waals surface area contributed by atoms with Crippen molar-refractivity contribution in [1.82, 2.24) is 23.8 Å². The van der Waals surface area contributed by atoms with Gasteiger partial charge in [-0.3, -0.25) is 13.8 Å². The van der Waals surface area contributed by atoms with Gasteiger partial charge < -0.3 is 4.74 Å². The number of aromatic nitrogens is 5. The quantitative estimate of drug-likeness (QED) is 0.167. The molecular formula is C49H37N5O. The van der Waals surface area contributed by atoms with Crippen LogP contribution in [0.1, 0.15) is 50.7 Å². The number of nitrogens with zero attached hydrogens (tertiary/aromatic N) is 5. The SMILES string of the molecule is CC(C)c1cccc(C(C)C)c1-c1cccc2c3ccc(Oc4ccc5c(c4)c4nc6ccccc6n4c4cccnc54)cc3c3nc4ccccc4n3c12. The number of para-hydroxylation sites is 5. The average molecular weight is 712 g/mol. The van der Waals surface area contributed by atoms with Crippen LogP contribution in [-0.4, -0.2) is 23.8 Å². The molecule has 0 unspecified atom stereocenters. The summed E-state index contributed by atoms with van der Waals surface area (Å²) < 4.78 is 11.3. The maximum Gasteiger partial charge on any atom is 0.146 e. The second kappa shape index (κ2) is 11.9. The first kappa shape index (κ1) is 31.7. The Kier molecular flexibility index (Phi) is 6.84. The molecule has 0 bridgehead atoms. The van der Waals surface area contributed by atoms with E-state index in [-0.39, 0.29) is 0 Å². The van der Waals surface area contributed by atoms with Crippen molar-refractivity contribution in [3.8, 4) is 22.6 Å². The summed E-state index contributed by atoms with van der Waals surface area (Å²) in [7, 11) is 0. The Hall–Kier alpha value is -6.79. The highest BCUT2D eigenvalue weighted by Crippen LogP contribution is 2.44. The molecule has 0 aliphatic rings. The number of hydrogen-bond donors (Lipinski definition) is 0. The van der Waals surface area contributed by atoms with Gasteiger partial charge in [0.1, 0.15) is 22.8 Å². The van der Waals surface area contributed by atoms with Crippen molar-refractivity contribution in [3.05, 3.63) is 151 Å². The van der Waals surface area contributed by atoms with E-state index in [1.165, 1.54) is 33.2 Å². The van der Waals surface area contributed by atoms with Crippen LogP contribution < -0.4 is 4.74 Å². The van der Waals surface area contributed by atoms with Gasteiger partial charge in [0, 0.05) is 33.3 Å². The molecule has 0 fully saturated rings. The highest BCUT2D eigenvalue weighted by atomic mass is 16.5. The Labute approximate surface area is 317 Å². The molecule has 0 radical (unpaired) electrons. The van der Waals surface area contributed by atoms with Crippen LogP contribution in [0.2, 0.25) is 0 Å². The molecule has 0 amide bonds. The molecule has 6 heteroatoms. The van der Waals surface area contributed by atoms with E-state index in [1.807, 2.05) is 24.4 Å². The second-order valence-corrected chi connectivity index (χ2v) is 15.2. The standard InChI is InChI=1S/C49H37N5O/c1-28(2)32-12-9-13-33(29(3)4)45(32)37-15-10-14-36-34-23-21-30(26-38(34)49-52-41-17-6-8-19-43(41)54(49)47(36)37)55-31-22-24-35-39(27-31)48-51-40-16-5-7-18-42(40)53(48)44-20-11-25-50-46(35)44/h5-29H,1-4H3. The summed E-state index contributed by atoms with van der Waals surface area (Å²) in [5, 5.41) is 5.39. The molecule has 264 valence electrons. The first-order chi connectivity index (χ1) is 26.9. The van der Waals surface area contributed by atoms with Crippen molar-refractivity contribution < 1.29 is 4.74 Å². The van der Waals surface area contributed by atoms with Gasteiger partial charge in [0.15, 0.2) is 0 Å². The average Bonchev–Trinajstić information content (AvgIpc) is 3.80. The van der Waals surface area contributed by atoms with Crippen molar-refractivity contribution in [2.75, 3.05) is 0 Å². The van der Waals surface area contributed by atoms with Crippen molar-refractivity contribution >= 4 is 76.8 Å². The van der Waals surface area contributed by atoms with Crippen LogP contribution in [-0.2, 0) is 0 Å². The summed E-state index contributed by atoms with van der Waals surface area (Å²) in [6.45, 7) is 9.17. The lowest BCUT2D eigenvalue weighted by atomic mass is 9.84. The van der Waals surface area contributed by atoms with Crippen LogP contribution in [0.5, 0.6) is 11.5 Å². The Morgan fingerprint density at radius 1 is 0.491 bits per heavy atom. The van der Waals surface area contributed by atoms with E-state index in [1.54, 1.807) is 0 Å². The fourth-order valence-electron chi connectivity index (χ4n) is 8.85. The third-order valence-corrected chi connectivity index (χ3v) is 11.3. The van der Waals surface area contributed by atoms with Crippen LogP contribution in [0, 0.1) is 0 Å². The Morgan fingerprint density at radius 2 is 1.07 bits per heavy atom. The highest BCUT2D eigenvalue weighted by Gasteiger charge is 2.22. The molecule has 6 aromatic carbocycles. The fourth-order valence-corrected chi connectivity index (χ4v) is 8.85.